The molecule has 0 bridgehead atoms. The van der Waals surface area contributed by atoms with Crippen molar-refractivity contribution in [3.8, 4) is 12.3 Å². The molecule has 2 heterocycles. The highest BCUT2D eigenvalue weighted by Gasteiger charge is 2.61. The third kappa shape index (κ3) is 5.60. The average molecular weight is 481 g/mol. The maximum atomic E-state index is 13.9. The number of aliphatic hydroxyl groups excluding tert-OH is 1. The van der Waals surface area contributed by atoms with Crippen LogP contribution >= 0.6 is 8.18 Å². The lowest BCUT2D eigenvalue weighted by Gasteiger charge is -2.29. The van der Waals surface area contributed by atoms with Gasteiger partial charge in [0.15, 0.2) is 23.5 Å². The Morgan fingerprint density at radius 1 is 1.55 bits per heavy atom. The monoisotopic (exact) mass is 481 g/mol. The molecule has 0 amide bonds. The van der Waals surface area contributed by atoms with Crippen LogP contribution in [0.3, 0.4) is 0 Å². The van der Waals surface area contributed by atoms with Crippen LogP contribution in [0.5, 0.6) is 0 Å². The predicted octanol–water partition coefficient (Wildman–Crippen LogP) is -1.82. The summed E-state index contributed by atoms with van der Waals surface area (Å²) in [6, 6.07) is -1.10. The fraction of sp³-hybridized carbons (Fsp3) is 0.588. The van der Waals surface area contributed by atoms with Crippen molar-refractivity contribution in [2.45, 2.75) is 62.4 Å². The summed E-state index contributed by atoms with van der Waals surface area (Å²) in [7, 11) is 8.66. The molecule has 1 aliphatic heterocycles. The minimum Gasteiger partial charge on any atom is -0.462 e. The second-order valence-electron chi connectivity index (χ2n) is 7.53. The molecule has 1 fully saturated rings. The van der Waals surface area contributed by atoms with E-state index in [1.807, 2.05) is 5.92 Å². The number of nitrogen functional groups attached to an aromatic ring is 1. The number of ether oxygens (including phenoxy) is 2. The van der Waals surface area contributed by atoms with Gasteiger partial charge >= 0.3 is 19.8 Å². The van der Waals surface area contributed by atoms with Gasteiger partial charge in [-0.05, 0) is 25.3 Å². The highest BCUT2D eigenvalue weighted by Crippen LogP contribution is 2.42. The molecule has 2 rings (SSSR count). The lowest BCUT2D eigenvalue weighted by molar-refractivity contribution is -0.149. The number of rotatable bonds is 8. The highest BCUT2D eigenvalue weighted by molar-refractivity contribution is 7.37. The van der Waals surface area contributed by atoms with Gasteiger partial charge in [0.05, 0.1) is 17.7 Å². The Morgan fingerprint density at radius 3 is 2.70 bits per heavy atom. The van der Waals surface area contributed by atoms with Crippen molar-refractivity contribution in [3.05, 3.63) is 22.5 Å². The summed E-state index contributed by atoms with van der Waals surface area (Å²) in [4.78, 5) is 27.2. The molecule has 6 atom stereocenters. The van der Waals surface area contributed by atoms with E-state index in [-0.39, 0.29) is 0 Å². The van der Waals surface area contributed by atoms with Gasteiger partial charge in [-0.3, -0.25) is 9.36 Å². The summed E-state index contributed by atoms with van der Waals surface area (Å²) < 4.78 is 41.9. The second-order valence-corrected chi connectivity index (χ2v) is 8.48. The van der Waals surface area contributed by atoms with Gasteiger partial charge in [-0.25, -0.2) is 9.18 Å². The Kier molecular flexibility index (Phi) is 8.06. The number of carbonyl (C=O) groups excluding carboxylic acids is 1. The standard InChI is InChI=1S/C17H20B2FN4O8P/c1-5-16(28)10(25)11(31-14(16)24-6-9(20)12(21)22-15(24)27)17(18,19)32-33(29)23-8(4)13(26)30-7(2)3/h1,6-8,10-11,14,25,28H,2-4H3,(H2-,21,22,23,27,29)/p+1/t8-,10?,11?,14+,16+/m0/s1. The maximum Gasteiger partial charge on any atom is 0.612 e. The molecular weight excluding hydrogens is 460 g/mol. The number of terminal acetylenes is 1. The molecule has 1 saturated heterocycles. The van der Waals surface area contributed by atoms with Crippen LogP contribution in [0.2, 0.25) is 0 Å². The molecule has 0 spiro atoms. The quantitative estimate of drug-likeness (QED) is 0.143. The van der Waals surface area contributed by atoms with E-state index in [1.54, 1.807) is 13.8 Å². The van der Waals surface area contributed by atoms with Crippen molar-refractivity contribution < 1.29 is 38.0 Å². The molecule has 1 aliphatic rings. The number of nitrogens with two attached hydrogens (primary N) is 1. The van der Waals surface area contributed by atoms with Crippen LogP contribution in [0.15, 0.2) is 11.0 Å². The van der Waals surface area contributed by atoms with Crippen molar-refractivity contribution in [2.75, 3.05) is 5.73 Å². The Morgan fingerprint density at radius 2 is 2.15 bits per heavy atom. The largest absolute Gasteiger partial charge is 0.612 e. The van der Waals surface area contributed by atoms with E-state index in [0.29, 0.717) is 10.8 Å². The van der Waals surface area contributed by atoms with E-state index in [1.165, 1.54) is 6.92 Å². The van der Waals surface area contributed by atoms with Crippen LogP contribution < -0.4 is 16.5 Å². The van der Waals surface area contributed by atoms with E-state index in [4.69, 9.17) is 41.8 Å². The average Bonchev–Trinajstić information content (AvgIpc) is 2.96. The molecule has 5 N–H and O–H groups in total. The number of hydrogen-bond donors (Lipinski definition) is 4. The highest BCUT2D eigenvalue weighted by atomic mass is 31.1. The molecule has 4 radical (unpaired) electrons. The number of hydrogen-bond acceptors (Lipinski definition) is 10. The molecule has 16 heteroatoms. The predicted molar refractivity (Wildman–Crippen MR) is 113 cm³/mol. The number of halogens is 1. The van der Waals surface area contributed by atoms with E-state index in [2.05, 4.69) is 10.1 Å². The van der Waals surface area contributed by atoms with Crippen LogP contribution in [-0.4, -0.2) is 76.8 Å². The molecule has 33 heavy (non-hydrogen) atoms. The summed E-state index contributed by atoms with van der Waals surface area (Å²) in [5, 5.41) is 21.0. The molecule has 1 aromatic rings. The minimum absolute atomic E-state index is 0.430. The molecule has 0 saturated carbocycles. The normalized spacial score (nSPS) is 26.6. The first-order valence-electron chi connectivity index (χ1n) is 9.42. The van der Waals surface area contributed by atoms with Gasteiger partial charge in [-0.2, -0.15) is 4.98 Å². The molecule has 174 valence electrons. The number of carbonyl (C=O) groups is 1. The zero-order valence-corrected chi connectivity index (χ0v) is 18.7. The summed E-state index contributed by atoms with van der Waals surface area (Å²) in [6.45, 7) is 4.56. The van der Waals surface area contributed by atoms with Crippen molar-refractivity contribution in [1.29, 1.82) is 0 Å². The van der Waals surface area contributed by atoms with Crippen molar-refractivity contribution in [2.24, 2.45) is 0 Å². The first kappa shape index (κ1) is 26.9. The van der Waals surface area contributed by atoms with Crippen molar-refractivity contribution in [3.63, 3.8) is 0 Å². The fourth-order valence-electron chi connectivity index (χ4n) is 2.87. The first-order valence-corrected chi connectivity index (χ1v) is 10.6. The number of aromatic nitrogens is 2. The van der Waals surface area contributed by atoms with Crippen molar-refractivity contribution >= 4 is 35.7 Å². The topological polar surface area (TPSA) is 175 Å². The molecule has 1 aromatic heterocycles. The summed E-state index contributed by atoms with van der Waals surface area (Å²) in [5.41, 5.74) is 1.39. The Labute approximate surface area is 191 Å². The Bertz CT molecular complexity index is 1040. The Balaban J connectivity index is 2.26. The summed E-state index contributed by atoms with van der Waals surface area (Å²) >= 11 is 0. The lowest BCUT2D eigenvalue weighted by atomic mass is 9.60. The number of anilines is 1. The molecule has 12 nitrogen and oxygen atoms in total. The van der Waals surface area contributed by atoms with Crippen LogP contribution in [0, 0.1) is 18.2 Å². The Hall–Kier alpha value is -2.33. The lowest BCUT2D eigenvalue weighted by Crippen LogP contribution is -2.55. The number of nitrogens with zero attached hydrogens (tertiary/aromatic N) is 2. The van der Waals surface area contributed by atoms with E-state index in [0.717, 1.165) is 0 Å². The fourth-order valence-corrected chi connectivity index (χ4v) is 3.74. The van der Waals surface area contributed by atoms with E-state index >= 15 is 0 Å². The zero-order chi connectivity index (χ0) is 25.3. The SMILES string of the molecule is [B]C([B])(O[P+](=O)N[C@@H](C)C(=O)OC(C)C)C1O[C@@H](n2cc(F)c(N)nc2=O)[C@@](O)(C#C)C1O. The molecule has 3 unspecified atom stereocenters. The van der Waals surface area contributed by atoms with E-state index < -0.39 is 73.1 Å². The molecular formula is C17H21B2FN4O8P+. The number of esters is 1. The van der Waals surface area contributed by atoms with Gasteiger partial charge in [0, 0.05) is 0 Å². The zero-order valence-electron chi connectivity index (χ0n) is 17.8. The van der Waals surface area contributed by atoms with Gasteiger partial charge in [-0.1, -0.05) is 11.0 Å². The second kappa shape index (κ2) is 9.89. The smallest absolute Gasteiger partial charge is 0.462 e. The van der Waals surface area contributed by atoms with Gasteiger partial charge in [-0.15, -0.1) is 10.9 Å². The van der Waals surface area contributed by atoms with Crippen LogP contribution in [0.25, 0.3) is 0 Å². The van der Waals surface area contributed by atoms with Gasteiger partial charge in [0.1, 0.15) is 33.9 Å². The van der Waals surface area contributed by atoms with Crippen LogP contribution in [0.4, 0.5) is 10.2 Å². The summed E-state index contributed by atoms with van der Waals surface area (Å²) in [6.07, 6.45) is -0.506. The molecule has 0 aromatic carbocycles. The number of nitrogens with one attached hydrogen (secondary N) is 1. The van der Waals surface area contributed by atoms with E-state index in [9.17, 15) is 28.8 Å². The van der Waals surface area contributed by atoms with Gasteiger partial charge < -0.3 is 25.4 Å². The third-order valence-corrected chi connectivity index (χ3v) is 5.58. The first-order chi connectivity index (χ1) is 15.1. The summed E-state index contributed by atoms with van der Waals surface area (Å²) in [5.74, 6) is -0.767. The van der Waals surface area contributed by atoms with Crippen LogP contribution in [0.1, 0.15) is 27.0 Å². The third-order valence-electron chi connectivity index (χ3n) is 4.50. The molecule has 0 aliphatic carbocycles. The van der Waals surface area contributed by atoms with Gasteiger partial charge in [0.2, 0.25) is 0 Å². The van der Waals surface area contributed by atoms with Gasteiger partial charge in [0.25, 0.3) is 0 Å². The van der Waals surface area contributed by atoms with Crippen molar-refractivity contribution in [1.82, 2.24) is 14.6 Å². The van der Waals surface area contributed by atoms with Crippen LogP contribution in [-0.2, 0) is 23.4 Å². The minimum atomic E-state index is -2.95. The number of aliphatic hydroxyl groups is 2. The maximum absolute atomic E-state index is 13.9.